The molecule has 0 N–H and O–H groups in total. The van der Waals surface area contributed by atoms with E-state index in [-0.39, 0.29) is 0 Å². The van der Waals surface area contributed by atoms with E-state index in [2.05, 4.69) is 42.5 Å². The lowest BCUT2D eigenvalue weighted by Crippen LogP contribution is -1.92. The normalized spacial score (nSPS) is 13.9. The Bertz CT molecular complexity index is 567. The number of rotatable bonds is 2. The molecule has 0 heterocycles. The molecule has 0 radical (unpaired) electrons. The fourth-order valence-corrected chi connectivity index (χ4v) is 2.48. The van der Waals surface area contributed by atoms with Crippen molar-refractivity contribution >= 4 is 16.3 Å². The van der Waals surface area contributed by atoms with Crippen LogP contribution in [0.25, 0.3) is 16.3 Å². The van der Waals surface area contributed by atoms with Gasteiger partial charge in [0.1, 0.15) is 0 Å². The molecule has 0 unspecified atom stereocenters. The summed E-state index contributed by atoms with van der Waals surface area (Å²) in [7, 11) is 1.75. The summed E-state index contributed by atoms with van der Waals surface area (Å²) < 4.78 is 5.23. The monoisotopic (exact) mass is 210 g/mol. The maximum atomic E-state index is 5.23. The highest BCUT2D eigenvalue weighted by Gasteiger charge is 2.15. The van der Waals surface area contributed by atoms with Crippen LogP contribution in [0.1, 0.15) is 11.1 Å². The Hall–Kier alpha value is -1.60. The van der Waals surface area contributed by atoms with E-state index in [0.29, 0.717) is 6.61 Å². The van der Waals surface area contributed by atoms with Gasteiger partial charge in [0.05, 0.1) is 6.61 Å². The van der Waals surface area contributed by atoms with Gasteiger partial charge in [-0.05, 0) is 33.9 Å². The first-order valence-corrected chi connectivity index (χ1v) is 5.59. The number of hydrogen-bond donors (Lipinski definition) is 0. The Morgan fingerprint density at radius 2 is 2.00 bits per heavy atom. The van der Waals surface area contributed by atoms with Gasteiger partial charge in [-0.25, -0.2) is 0 Å². The summed E-state index contributed by atoms with van der Waals surface area (Å²) in [6.45, 7) is 0.714. The highest BCUT2D eigenvalue weighted by Crippen LogP contribution is 2.33. The lowest BCUT2D eigenvalue weighted by atomic mass is 9.98. The van der Waals surface area contributed by atoms with E-state index in [9.17, 15) is 0 Å². The summed E-state index contributed by atoms with van der Waals surface area (Å²) in [6, 6.07) is 13.0. The van der Waals surface area contributed by atoms with Gasteiger partial charge >= 0.3 is 0 Å². The van der Waals surface area contributed by atoms with Crippen LogP contribution in [0.3, 0.4) is 0 Å². The third-order valence-electron chi connectivity index (χ3n) is 3.24. The number of ether oxygens (including phenoxy) is 1. The zero-order valence-electron chi connectivity index (χ0n) is 9.36. The fourth-order valence-electron chi connectivity index (χ4n) is 2.48. The average molecular weight is 210 g/mol. The van der Waals surface area contributed by atoms with E-state index in [4.69, 9.17) is 4.74 Å². The van der Waals surface area contributed by atoms with Crippen molar-refractivity contribution in [1.82, 2.24) is 0 Å². The second-order valence-electron chi connectivity index (χ2n) is 4.18. The van der Waals surface area contributed by atoms with Gasteiger partial charge in [0.25, 0.3) is 0 Å². The van der Waals surface area contributed by atoms with Crippen LogP contribution in [0.2, 0.25) is 0 Å². The van der Waals surface area contributed by atoms with Crippen LogP contribution in [0.4, 0.5) is 0 Å². The highest BCUT2D eigenvalue weighted by atomic mass is 16.5. The van der Waals surface area contributed by atoms with Gasteiger partial charge in [0.15, 0.2) is 0 Å². The number of methoxy groups -OCH3 is 1. The van der Waals surface area contributed by atoms with E-state index in [1.54, 1.807) is 7.11 Å². The van der Waals surface area contributed by atoms with Crippen LogP contribution in [-0.2, 0) is 11.2 Å². The first-order chi connectivity index (χ1) is 7.90. The maximum Gasteiger partial charge on any atom is 0.0716 e. The summed E-state index contributed by atoms with van der Waals surface area (Å²) in [6.07, 6.45) is 3.32. The number of benzene rings is 2. The second-order valence-corrected chi connectivity index (χ2v) is 4.18. The topological polar surface area (TPSA) is 9.23 Å². The molecule has 0 bridgehead atoms. The van der Waals surface area contributed by atoms with E-state index in [0.717, 1.165) is 6.42 Å². The molecule has 1 heteroatoms. The minimum atomic E-state index is 0.714. The van der Waals surface area contributed by atoms with E-state index < -0.39 is 0 Å². The molecule has 2 aromatic carbocycles. The molecule has 0 fully saturated rings. The average Bonchev–Trinajstić information content (AvgIpc) is 2.73. The Morgan fingerprint density at radius 1 is 1.12 bits per heavy atom. The SMILES string of the molecule is COCC1=CCc2c1ccc1ccccc21. The minimum absolute atomic E-state index is 0.714. The van der Waals surface area contributed by atoms with Crippen molar-refractivity contribution in [2.24, 2.45) is 0 Å². The molecule has 0 saturated carbocycles. The summed E-state index contributed by atoms with van der Waals surface area (Å²) in [5.74, 6) is 0. The van der Waals surface area contributed by atoms with E-state index in [1.165, 1.54) is 27.5 Å². The number of hydrogen-bond acceptors (Lipinski definition) is 1. The van der Waals surface area contributed by atoms with E-state index in [1.807, 2.05) is 0 Å². The first kappa shape index (κ1) is 9.61. The van der Waals surface area contributed by atoms with Crippen molar-refractivity contribution < 1.29 is 4.74 Å². The molecule has 0 aromatic heterocycles. The maximum absolute atomic E-state index is 5.23. The predicted octanol–water partition coefficient (Wildman–Crippen LogP) is 3.43. The molecular weight excluding hydrogens is 196 g/mol. The van der Waals surface area contributed by atoms with Gasteiger partial charge in [-0.15, -0.1) is 0 Å². The van der Waals surface area contributed by atoms with Gasteiger partial charge < -0.3 is 4.74 Å². The second kappa shape index (κ2) is 3.76. The van der Waals surface area contributed by atoms with Crippen LogP contribution in [0.15, 0.2) is 42.5 Å². The van der Waals surface area contributed by atoms with Crippen LogP contribution < -0.4 is 0 Å². The third kappa shape index (κ3) is 1.36. The minimum Gasteiger partial charge on any atom is -0.380 e. The lowest BCUT2D eigenvalue weighted by Gasteiger charge is -2.08. The van der Waals surface area contributed by atoms with Crippen molar-refractivity contribution in [3.05, 3.63) is 53.6 Å². The molecule has 16 heavy (non-hydrogen) atoms. The van der Waals surface area contributed by atoms with Crippen molar-refractivity contribution in [2.75, 3.05) is 13.7 Å². The standard InChI is InChI=1S/C15H14O/c1-16-10-12-7-9-15-13-5-3-2-4-11(13)6-8-14(12)15/h2-8H,9-10H2,1H3. The summed E-state index contributed by atoms with van der Waals surface area (Å²) in [5.41, 5.74) is 4.13. The highest BCUT2D eigenvalue weighted by molar-refractivity contribution is 5.92. The zero-order chi connectivity index (χ0) is 11.0. The lowest BCUT2D eigenvalue weighted by molar-refractivity contribution is 0.240. The summed E-state index contributed by atoms with van der Waals surface area (Å²) >= 11 is 0. The molecular formula is C15H14O. The predicted molar refractivity (Wildman–Crippen MR) is 67.5 cm³/mol. The van der Waals surface area contributed by atoms with Gasteiger partial charge in [-0.2, -0.15) is 0 Å². The molecule has 3 rings (SSSR count). The van der Waals surface area contributed by atoms with Gasteiger partial charge in [-0.3, -0.25) is 0 Å². The van der Waals surface area contributed by atoms with Crippen molar-refractivity contribution in [3.8, 4) is 0 Å². The Balaban J connectivity index is 2.18. The van der Waals surface area contributed by atoms with Crippen molar-refractivity contribution in [2.45, 2.75) is 6.42 Å². The third-order valence-corrected chi connectivity index (χ3v) is 3.24. The van der Waals surface area contributed by atoms with Crippen molar-refractivity contribution in [3.63, 3.8) is 0 Å². The number of fused-ring (bicyclic) bond motifs is 3. The van der Waals surface area contributed by atoms with Gasteiger partial charge in [0.2, 0.25) is 0 Å². The molecule has 2 aromatic rings. The van der Waals surface area contributed by atoms with E-state index >= 15 is 0 Å². The molecule has 0 atom stereocenters. The molecule has 1 nitrogen and oxygen atoms in total. The Morgan fingerprint density at radius 3 is 2.88 bits per heavy atom. The largest absolute Gasteiger partial charge is 0.380 e. The van der Waals surface area contributed by atoms with Crippen LogP contribution in [0.5, 0.6) is 0 Å². The number of allylic oxidation sites excluding steroid dienone is 1. The molecule has 0 amide bonds. The Labute approximate surface area is 95.4 Å². The van der Waals surface area contributed by atoms with Crippen LogP contribution in [0, 0.1) is 0 Å². The quantitative estimate of drug-likeness (QED) is 0.738. The fraction of sp³-hybridized carbons (Fsp3) is 0.200. The summed E-state index contributed by atoms with van der Waals surface area (Å²) in [5, 5.41) is 2.70. The summed E-state index contributed by atoms with van der Waals surface area (Å²) in [4.78, 5) is 0. The molecule has 0 saturated heterocycles. The Kier molecular flexibility index (Phi) is 2.26. The molecule has 80 valence electrons. The van der Waals surface area contributed by atoms with Crippen LogP contribution in [-0.4, -0.2) is 13.7 Å². The molecule has 1 aliphatic carbocycles. The smallest absolute Gasteiger partial charge is 0.0716 e. The molecule has 0 aliphatic heterocycles. The van der Waals surface area contributed by atoms with Crippen molar-refractivity contribution in [1.29, 1.82) is 0 Å². The first-order valence-electron chi connectivity index (χ1n) is 5.59. The van der Waals surface area contributed by atoms with Crippen LogP contribution >= 0.6 is 0 Å². The van der Waals surface area contributed by atoms with Gasteiger partial charge in [0, 0.05) is 7.11 Å². The zero-order valence-corrected chi connectivity index (χ0v) is 9.36. The van der Waals surface area contributed by atoms with Gasteiger partial charge in [-0.1, -0.05) is 42.5 Å². The molecule has 1 aliphatic rings. The molecule has 0 spiro atoms.